The van der Waals surface area contributed by atoms with Crippen LogP contribution >= 0.6 is 0 Å². The molecule has 4 aromatic rings. The number of carbonyl (C=O) groups is 1. The van der Waals surface area contributed by atoms with Crippen molar-refractivity contribution in [3.8, 4) is 11.3 Å². The summed E-state index contributed by atoms with van der Waals surface area (Å²) in [6, 6.07) is 17.6. The number of aromatic nitrogens is 3. The molecule has 0 atom stereocenters. The van der Waals surface area contributed by atoms with Crippen LogP contribution in [-0.2, 0) is 11.2 Å². The molecule has 0 radical (unpaired) electrons. The van der Waals surface area contributed by atoms with E-state index in [1.165, 1.54) is 0 Å². The minimum absolute atomic E-state index is 0.0403. The molecule has 24 heavy (non-hydrogen) atoms. The highest BCUT2D eigenvalue weighted by Crippen LogP contribution is 2.21. The summed E-state index contributed by atoms with van der Waals surface area (Å²) in [4.78, 5) is 15.6. The lowest BCUT2D eigenvalue weighted by atomic mass is 10.1. The van der Waals surface area contributed by atoms with Crippen LogP contribution in [0, 0.1) is 0 Å². The smallest absolute Gasteiger partial charge is 0.228 e. The number of nitrogens with one attached hydrogen (secondary N) is 3. The normalized spacial score (nSPS) is 10.8. The molecule has 0 aliphatic heterocycles. The van der Waals surface area contributed by atoms with Crippen molar-refractivity contribution in [3.05, 3.63) is 72.6 Å². The lowest BCUT2D eigenvalue weighted by Crippen LogP contribution is -2.14. The molecule has 5 heteroatoms. The van der Waals surface area contributed by atoms with E-state index in [9.17, 15) is 4.79 Å². The van der Waals surface area contributed by atoms with Crippen LogP contribution < -0.4 is 5.32 Å². The van der Waals surface area contributed by atoms with Gasteiger partial charge in [-0.1, -0.05) is 30.3 Å². The van der Waals surface area contributed by atoms with E-state index in [0.717, 1.165) is 33.4 Å². The first-order valence-corrected chi connectivity index (χ1v) is 7.74. The Hall–Kier alpha value is -3.34. The van der Waals surface area contributed by atoms with Crippen molar-refractivity contribution >= 4 is 22.5 Å². The van der Waals surface area contributed by atoms with Gasteiger partial charge in [-0.25, -0.2) is 0 Å². The third-order valence-electron chi connectivity index (χ3n) is 3.98. The van der Waals surface area contributed by atoms with Gasteiger partial charge in [-0.3, -0.25) is 9.89 Å². The van der Waals surface area contributed by atoms with Gasteiger partial charge < -0.3 is 10.3 Å². The predicted molar refractivity (Wildman–Crippen MR) is 94.7 cm³/mol. The molecule has 0 unspecified atom stereocenters. The standard InChI is InChI=1S/C19H16N4O/c24-19(11-14-12-20-18-7-2-1-6-16(14)18)22-15-5-3-4-13(10-15)17-8-9-21-23-17/h1-10,12,20H,11H2,(H,21,23)(H,22,24). The molecule has 3 N–H and O–H groups in total. The second-order valence-electron chi connectivity index (χ2n) is 5.64. The molecule has 2 heterocycles. The first kappa shape index (κ1) is 14.3. The van der Waals surface area contributed by atoms with Crippen molar-refractivity contribution in [1.82, 2.24) is 15.2 Å². The van der Waals surface area contributed by atoms with Crippen LogP contribution in [0.15, 0.2) is 67.0 Å². The molecule has 2 aromatic heterocycles. The Kier molecular flexibility index (Phi) is 3.59. The van der Waals surface area contributed by atoms with Crippen LogP contribution in [0.2, 0.25) is 0 Å². The van der Waals surface area contributed by atoms with Crippen LogP contribution in [-0.4, -0.2) is 21.1 Å². The van der Waals surface area contributed by atoms with Gasteiger partial charge in [0.05, 0.1) is 12.1 Å². The highest BCUT2D eigenvalue weighted by molar-refractivity contribution is 5.96. The molecule has 1 amide bonds. The summed E-state index contributed by atoms with van der Waals surface area (Å²) in [5.41, 5.74) is 4.71. The largest absolute Gasteiger partial charge is 0.361 e. The molecule has 0 aliphatic carbocycles. The topological polar surface area (TPSA) is 73.6 Å². The van der Waals surface area contributed by atoms with Gasteiger partial charge in [0.25, 0.3) is 0 Å². The number of anilines is 1. The van der Waals surface area contributed by atoms with E-state index in [4.69, 9.17) is 0 Å². The van der Waals surface area contributed by atoms with Crippen LogP contribution in [0.25, 0.3) is 22.2 Å². The molecular weight excluding hydrogens is 300 g/mol. The van der Waals surface area contributed by atoms with Gasteiger partial charge in [0.1, 0.15) is 0 Å². The van der Waals surface area contributed by atoms with E-state index in [2.05, 4.69) is 20.5 Å². The zero-order chi connectivity index (χ0) is 16.4. The van der Waals surface area contributed by atoms with Gasteiger partial charge >= 0.3 is 0 Å². The Morgan fingerprint density at radius 1 is 1.08 bits per heavy atom. The molecule has 0 spiro atoms. The number of amides is 1. The van der Waals surface area contributed by atoms with Crippen molar-refractivity contribution in [2.24, 2.45) is 0 Å². The van der Waals surface area contributed by atoms with Gasteiger partial charge in [0, 0.05) is 34.5 Å². The number of fused-ring (bicyclic) bond motifs is 1. The maximum Gasteiger partial charge on any atom is 0.228 e. The van der Waals surface area contributed by atoms with Crippen LogP contribution in [0.4, 0.5) is 5.69 Å². The molecule has 4 rings (SSSR count). The first-order valence-electron chi connectivity index (χ1n) is 7.74. The lowest BCUT2D eigenvalue weighted by molar-refractivity contribution is -0.115. The molecule has 0 fully saturated rings. The van der Waals surface area contributed by atoms with Crippen molar-refractivity contribution in [2.75, 3.05) is 5.32 Å². The van der Waals surface area contributed by atoms with Crippen molar-refractivity contribution in [3.63, 3.8) is 0 Å². The number of para-hydroxylation sites is 1. The van der Waals surface area contributed by atoms with Gasteiger partial charge in [-0.05, 0) is 29.8 Å². The second-order valence-corrected chi connectivity index (χ2v) is 5.64. The number of hydrogen-bond acceptors (Lipinski definition) is 2. The van der Waals surface area contributed by atoms with E-state index < -0.39 is 0 Å². The minimum atomic E-state index is -0.0403. The molecule has 2 aromatic carbocycles. The van der Waals surface area contributed by atoms with Gasteiger partial charge in [-0.15, -0.1) is 0 Å². The Balaban J connectivity index is 1.51. The zero-order valence-electron chi connectivity index (χ0n) is 12.9. The average Bonchev–Trinajstić information content (AvgIpc) is 3.26. The highest BCUT2D eigenvalue weighted by atomic mass is 16.1. The van der Waals surface area contributed by atoms with E-state index in [-0.39, 0.29) is 5.91 Å². The molecule has 0 saturated heterocycles. The number of aromatic amines is 2. The molecule has 0 bridgehead atoms. The third-order valence-corrected chi connectivity index (χ3v) is 3.98. The molecule has 5 nitrogen and oxygen atoms in total. The lowest BCUT2D eigenvalue weighted by Gasteiger charge is -2.06. The molecule has 118 valence electrons. The molecule has 0 saturated carbocycles. The number of rotatable bonds is 4. The van der Waals surface area contributed by atoms with E-state index >= 15 is 0 Å². The fourth-order valence-electron chi connectivity index (χ4n) is 2.84. The monoisotopic (exact) mass is 316 g/mol. The summed E-state index contributed by atoms with van der Waals surface area (Å²) in [6.07, 6.45) is 3.93. The second kappa shape index (κ2) is 6.04. The van der Waals surface area contributed by atoms with Gasteiger partial charge in [0.15, 0.2) is 0 Å². The number of carbonyl (C=O) groups excluding carboxylic acids is 1. The van der Waals surface area contributed by atoms with E-state index in [0.29, 0.717) is 6.42 Å². The van der Waals surface area contributed by atoms with Crippen LogP contribution in [0.3, 0.4) is 0 Å². The van der Waals surface area contributed by atoms with Crippen molar-refractivity contribution < 1.29 is 4.79 Å². The Bertz CT molecular complexity index is 985. The average molecular weight is 316 g/mol. The predicted octanol–water partition coefficient (Wildman–Crippen LogP) is 3.74. The Morgan fingerprint density at radius 2 is 2.00 bits per heavy atom. The van der Waals surface area contributed by atoms with Crippen LogP contribution in [0.5, 0.6) is 0 Å². The fraction of sp³-hybridized carbons (Fsp3) is 0.0526. The quantitative estimate of drug-likeness (QED) is 0.536. The first-order chi connectivity index (χ1) is 11.8. The number of nitrogens with zero attached hydrogens (tertiary/aromatic N) is 1. The maximum atomic E-state index is 12.4. The summed E-state index contributed by atoms with van der Waals surface area (Å²) < 4.78 is 0. The fourth-order valence-corrected chi connectivity index (χ4v) is 2.84. The summed E-state index contributed by atoms with van der Waals surface area (Å²) >= 11 is 0. The SMILES string of the molecule is O=C(Cc1c[nH]c2ccccc12)Nc1cccc(-c2ccn[nH]2)c1. The summed E-state index contributed by atoms with van der Waals surface area (Å²) in [5.74, 6) is -0.0403. The molecular formula is C19H16N4O. The van der Waals surface area contributed by atoms with Gasteiger partial charge in [-0.2, -0.15) is 5.10 Å². The summed E-state index contributed by atoms with van der Waals surface area (Å²) in [6.45, 7) is 0. The van der Waals surface area contributed by atoms with E-state index in [1.807, 2.05) is 60.8 Å². The third kappa shape index (κ3) is 2.79. The number of benzene rings is 2. The van der Waals surface area contributed by atoms with Crippen molar-refractivity contribution in [2.45, 2.75) is 6.42 Å². The molecule has 0 aliphatic rings. The Morgan fingerprint density at radius 3 is 2.88 bits per heavy atom. The zero-order valence-corrected chi connectivity index (χ0v) is 12.9. The van der Waals surface area contributed by atoms with Crippen molar-refractivity contribution in [1.29, 1.82) is 0 Å². The van der Waals surface area contributed by atoms with E-state index in [1.54, 1.807) is 6.20 Å². The Labute approximate surface area is 138 Å². The summed E-state index contributed by atoms with van der Waals surface area (Å²) in [7, 11) is 0. The van der Waals surface area contributed by atoms with Crippen LogP contribution in [0.1, 0.15) is 5.56 Å². The maximum absolute atomic E-state index is 12.4. The minimum Gasteiger partial charge on any atom is -0.361 e. The summed E-state index contributed by atoms with van der Waals surface area (Å²) in [5, 5.41) is 10.9. The number of H-pyrrole nitrogens is 2. The number of hydrogen-bond donors (Lipinski definition) is 3. The van der Waals surface area contributed by atoms with Gasteiger partial charge in [0.2, 0.25) is 5.91 Å². The highest BCUT2D eigenvalue weighted by Gasteiger charge is 2.09.